The van der Waals surface area contributed by atoms with E-state index in [-0.39, 0.29) is 26.1 Å². The van der Waals surface area contributed by atoms with Crippen LogP contribution in [0.25, 0.3) is 0 Å². The number of carbonyl (C=O) groups is 3. The minimum Gasteiger partial charge on any atom is -0.471 e. The Morgan fingerprint density at radius 3 is 1.96 bits per heavy atom. The Labute approximate surface area is 159 Å². The van der Waals surface area contributed by atoms with Gasteiger partial charge in [-0.1, -0.05) is 34.6 Å². The van der Waals surface area contributed by atoms with E-state index in [1.54, 1.807) is 0 Å². The number of nitrogens with one attached hydrogen (secondary N) is 1. The third-order valence-electron chi connectivity index (χ3n) is 2.67. The number of nitrogens with zero attached hydrogens (tertiary/aromatic N) is 1. The highest BCUT2D eigenvalue weighted by atomic mass is 19.4. The van der Waals surface area contributed by atoms with Crippen molar-refractivity contribution in [1.29, 1.82) is 0 Å². The second-order valence-corrected chi connectivity index (χ2v) is 5.78. The van der Waals surface area contributed by atoms with Crippen molar-refractivity contribution in [1.82, 2.24) is 10.2 Å². The van der Waals surface area contributed by atoms with Crippen molar-refractivity contribution < 1.29 is 37.0 Å². The Morgan fingerprint density at radius 1 is 1.22 bits per heavy atom. The van der Waals surface area contributed by atoms with Gasteiger partial charge in [-0.15, -0.1) is 0 Å². The van der Waals surface area contributed by atoms with Gasteiger partial charge in [-0.2, -0.15) is 13.2 Å². The maximum absolute atomic E-state index is 12.3. The lowest BCUT2D eigenvalue weighted by Crippen LogP contribution is -2.39. The van der Waals surface area contributed by atoms with Gasteiger partial charge in [-0.25, -0.2) is 4.79 Å². The fourth-order valence-electron chi connectivity index (χ4n) is 1.59. The number of halogens is 3. The first-order valence-electron chi connectivity index (χ1n) is 8.62. The molecule has 2 amide bonds. The first kappa shape index (κ1) is 29.8. The molecule has 7 nitrogen and oxygen atoms in total. The highest BCUT2D eigenvalue weighted by Crippen LogP contribution is 2.33. The topological polar surface area (TPSA) is 84.9 Å². The predicted octanol–water partition coefficient (Wildman–Crippen LogP) is 3.23. The van der Waals surface area contributed by atoms with E-state index in [1.807, 2.05) is 13.8 Å². The van der Waals surface area contributed by atoms with Crippen LogP contribution in [0, 0.1) is 11.8 Å². The maximum atomic E-state index is 12.3. The van der Waals surface area contributed by atoms with E-state index in [1.165, 1.54) is 7.11 Å². The van der Waals surface area contributed by atoms with Crippen LogP contribution < -0.4 is 5.32 Å². The normalized spacial score (nSPS) is 15.1. The van der Waals surface area contributed by atoms with Crippen LogP contribution in [0.5, 0.6) is 0 Å². The summed E-state index contributed by atoms with van der Waals surface area (Å²) < 4.78 is 45.1. The summed E-state index contributed by atoms with van der Waals surface area (Å²) in [6.07, 6.45) is -5.15. The standard InChI is InChI=1S/C9H13F3N2O3.C4H10.C2H4O2.C2H6/c1-17-8(16)13-4-7(15)14-3-2-6(5-14)9(10,11)12;1-4(2)3;1-4-2-3;1-2/h6H,2-5H2,1H3,(H,13,16);4H,1-3H3;2H,1H3;1-2H3/t6-;;;/m1.../s1. The summed E-state index contributed by atoms with van der Waals surface area (Å²) >= 11 is 0. The van der Waals surface area contributed by atoms with E-state index in [4.69, 9.17) is 4.79 Å². The zero-order chi connectivity index (χ0) is 22.0. The molecule has 0 unspecified atom stereocenters. The molecule has 0 radical (unpaired) electrons. The van der Waals surface area contributed by atoms with Crippen LogP contribution in [0.3, 0.4) is 0 Å². The molecule has 0 saturated carbocycles. The Bertz CT molecular complexity index is 402. The Balaban J connectivity index is -0.000000480. The van der Waals surface area contributed by atoms with Gasteiger partial charge in [0.05, 0.1) is 20.1 Å². The Morgan fingerprint density at radius 2 is 1.67 bits per heavy atom. The molecule has 162 valence electrons. The third kappa shape index (κ3) is 18.6. The van der Waals surface area contributed by atoms with Gasteiger partial charge >= 0.3 is 12.3 Å². The summed E-state index contributed by atoms with van der Waals surface area (Å²) in [6, 6.07) is 0. The molecule has 1 aliphatic rings. The number of carbonyl (C=O) groups excluding carboxylic acids is 3. The fourth-order valence-corrected chi connectivity index (χ4v) is 1.59. The number of hydrogen-bond donors (Lipinski definition) is 1. The molecule has 1 aliphatic heterocycles. The number of likely N-dealkylation sites (tertiary alicyclic amines) is 1. The second kappa shape index (κ2) is 17.4. The van der Waals surface area contributed by atoms with Crippen LogP contribution in [-0.2, 0) is 19.1 Å². The first-order chi connectivity index (χ1) is 12.5. The molecule has 1 fully saturated rings. The van der Waals surface area contributed by atoms with Crippen molar-refractivity contribution in [2.75, 3.05) is 33.9 Å². The van der Waals surface area contributed by atoms with E-state index >= 15 is 0 Å². The van der Waals surface area contributed by atoms with Gasteiger partial charge in [-0.05, 0) is 12.3 Å². The summed E-state index contributed by atoms with van der Waals surface area (Å²) in [5.74, 6) is -1.17. The zero-order valence-electron chi connectivity index (χ0n) is 17.2. The van der Waals surface area contributed by atoms with Gasteiger partial charge in [0.25, 0.3) is 6.47 Å². The fraction of sp³-hybridized carbons (Fsp3) is 0.824. The highest BCUT2D eigenvalue weighted by molar-refractivity contribution is 5.82. The van der Waals surface area contributed by atoms with Gasteiger partial charge in [0, 0.05) is 13.1 Å². The van der Waals surface area contributed by atoms with Crippen LogP contribution in [0.2, 0.25) is 0 Å². The number of amides is 2. The minimum absolute atomic E-state index is 0.0614. The van der Waals surface area contributed by atoms with Gasteiger partial charge in [0.2, 0.25) is 5.91 Å². The van der Waals surface area contributed by atoms with Gasteiger partial charge < -0.3 is 19.7 Å². The summed E-state index contributed by atoms with van der Waals surface area (Å²) in [6.45, 7) is 10.2. The monoisotopic (exact) mass is 402 g/mol. The molecule has 0 aromatic carbocycles. The molecule has 0 aromatic rings. The van der Waals surface area contributed by atoms with E-state index in [9.17, 15) is 22.8 Å². The summed E-state index contributed by atoms with van der Waals surface area (Å²) in [7, 11) is 2.45. The molecular formula is C17H33F3N2O5. The molecule has 10 heteroatoms. The molecule has 0 aliphatic carbocycles. The molecule has 1 saturated heterocycles. The Hall–Kier alpha value is -2.00. The van der Waals surface area contributed by atoms with Crippen LogP contribution in [-0.4, -0.2) is 63.4 Å². The molecule has 0 aromatic heterocycles. The maximum Gasteiger partial charge on any atom is 0.407 e. The Kier molecular flexibility index (Phi) is 19.2. The molecule has 1 rings (SSSR count). The van der Waals surface area contributed by atoms with Crippen LogP contribution in [0.4, 0.5) is 18.0 Å². The van der Waals surface area contributed by atoms with Crippen LogP contribution in [0.1, 0.15) is 41.0 Å². The van der Waals surface area contributed by atoms with E-state index < -0.39 is 24.1 Å². The number of hydrogen-bond acceptors (Lipinski definition) is 5. The number of rotatable bonds is 3. The number of methoxy groups -OCH3 is 2. The average Bonchev–Trinajstić information content (AvgIpc) is 3.11. The molecular weight excluding hydrogens is 369 g/mol. The first-order valence-corrected chi connectivity index (χ1v) is 8.62. The molecule has 0 bridgehead atoms. The molecule has 1 heterocycles. The highest BCUT2D eigenvalue weighted by Gasteiger charge is 2.44. The lowest BCUT2D eigenvalue weighted by molar-refractivity contribution is -0.171. The largest absolute Gasteiger partial charge is 0.471 e. The zero-order valence-corrected chi connectivity index (χ0v) is 17.2. The smallest absolute Gasteiger partial charge is 0.407 e. The average molecular weight is 402 g/mol. The molecule has 1 atom stereocenters. The number of alkyl carbamates (subject to hydrolysis) is 1. The van der Waals surface area contributed by atoms with Crippen molar-refractivity contribution in [2.24, 2.45) is 11.8 Å². The molecule has 0 spiro atoms. The lowest BCUT2D eigenvalue weighted by atomic mass is 10.1. The second-order valence-electron chi connectivity index (χ2n) is 5.78. The van der Waals surface area contributed by atoms with Crippen molar-refractivity contribution >= 4 is 18.5 Å². The van der Waals surface area contributed by atoms with Crippen molar-refractivity contribution in [3.8, 4) is 0 Å². The SMILES string of the molecule is CC.CC(C)C.COC(=O)NCC(=O)N1CC[C@@H](C(F)(F)F)C1.COC=O. The molecule has 1 N–H and O–H groups in total. The van der Waals surface area contributed by atoms with Crippen LogP contribution in [0.15, 0.2) is 0 Å². The lowest BCUT2D eigenvalue weighted by Gasteiger charge is -2.17. The van der Waals surface area contributed by atoms with Crippen molar-refractivity contribution in [2.45, 2.75) is 47.2 Å². The number of ether oxygens (including phenoxy) is 2. The van der Waals surface area contributed by atoms with Crippen molar-refractivity contribution in [3.05, 3.63) is 0 Å². The summed E-state index contributed by atoms with van der Waals surface area (Å²) in [5, 5.41) is 2.13. The molecule has 27 heavy (non-hydrogen) atoms. The van der Waals surface area contributed by atoms with Crippen LogP contribution >= 0.6 is 0 Å². The summed E-state index contributed by atoms with van der Waals surface area (Å²) in [5.41, 5.74) is 0. The van der Waals surface area contributed by atoms with Crippen molar-refractivity contribution in [3.63, 3.8) is 0 Å². The van der Waals surface area contributed by atoms with E-state index in [0.29, 0.717) is 6.47 Å². The van der Waals surface area contributed by atoms with E-state index in [2.05, 4.69) is 35.6 Å². The number of alkyl halides is 3. The van der Waals surface area contributed by atoms with E-state index in [0.717, 1.165) is 17.9 Å². The summed E-state index contributed by atoms with van der Waals surface area (Å²) in [4.78, 5) is 32.1. The minimum atomic E-state index is -4.27. The van der Waals surface area contributed by atoms with Gasteiger partial charge in [0.15, 0.2) is 0 Å². The van der Waals surface area contributed by atoms with Gasteiger partial charge in [0.1, 0.15) is 6.54 Å². The van der Waals surface area contributed by atoms with Gasteiger partial charge in [-0.3, -0.25) is 9.59 Å². The predicted molar refractivity (Wildman–Crippen MR) is 96.1 cm³/mol. The quantitative estimate of drug-likeness (QED) is 0.733. The third-order valence-corrected chi connectivity index (χ3v) is 2.67.